The zero-order chi connectivity index (χ0) is 18.3. The molecule has 1 N–H and O–H groups in total. The van der Waals surface area contributed by atoms with Gasteiger partial charge in [-0.3, -0.25) is 0 Å². The van der Waals surface area contributed by atoms with Gasteiger partial charge in [-0.2, -0.15) is 13.2 Å². The number of alkyl carbamates (subject to hydrolysis) is 1. The van der Waals surface area contributed by atoms with Crippen LogP contribution in [0.25, 0.3) is 0 Å². The van der Waals surface area contributed by atoms with E-state index in [4.69, 9.17) is 4.74 Å². The maximum atomic E-state index is 13.6. The van der Waals surface area contributed by atoms with Gasteiger partial charge in [0.15, 0.2) is 0 Å². The number of carbonyl (C=O) groups is 1. The minimum absolute atomic E-state index is 0.0909. The summed E-state index contributed by atoms with van der Waals surface area (Å²) in [4.78, 5) is 11.4. The Morgan fingerprint density at radius 1 is 1.12 bits per heavy atom. The summed E-state index contributed by atoms with van der Waals surface area (Å²) in [6, 6.07) is 11.1. The summed E-state index contributed by atoms with van der Waals surface area (Å²) >= 11 is 0. The van der Waals surface area contributed by atoms with Gasteiger partial charge in [-0.1, -0.05) is 42.2 Å². The van der Waals surface area contributed by atoms with Crippen molar-refractivity contribution in [3.8, 4) is 11.8 Å². The fourth-order valence-corrected chi connectivity index (χ4v) is 1.82. The van der Waals surface area contributed by atoms with Crippen LogP contribution in [-0.4, -0.2) is 12.6 Å². The van der Waals surface area contributed by atoms with Gasteiger partial charge < -0.3 is 10.1 Å². The van der Waals surface area contributed by atoms with E-state index in [1.54, 1.807) is 24.3 Å². The van der Waals surface area contributed by atoms with Crippen molar-refractivity contribution in [2.45, 2.75) is 12.8 Å². The lowest BCUT2D eigenvalue weighted by Crippen LogP contribution is -2.24. The van der Waals surface area contributed by atoms with Crippen LogP contribution in [0.5, 0.6) is 0 Å². The van der Waals surface area contributed by atoms with E-state index in [9.17, 15) is 22.4 Å². The summed E-state index contributed by atoms with van der Waals surface area (Å²) in [5.74, 6) is 3.73. The van der Waals surface area contributed by atoms with Gasteiger partial charge in [0.25, 0.3) is 0 Å². The summed E-state index contributed by atoms with van der Waals surface area (Å²) in [5, 5.41) is 2.34. The fourth-order valence-electron chi connectivity index (χ4n) is 1.82. The first-order chi connectivity index (χ1) is 11.9. The van der Waals surface area contributed by atoms with Gasteiger partial charge >= 0.3 is 12.3 Å². The largest absolute Gasteiger partial charge is 0.445 e. The molecule has 130 valence electrons. The number of rotatable bonds is 3. The molecule has 0 aliphatic carbocycles. The number of amides is 1. The predicted molar refractivity (Wildman–Crippen MR) is 82.9 cm³/mol. The van der Waals surface area contributed by atoms with Gasteiger partial charge in [-0.25, -0.2) is 9.18 Å². The molecule has 0 unspecified atom stereocenters. The Morgan fingerprint density at radius 3 is 2.48 bits per heavy atom. The smallest absolute Gasteiger partial charge is 0.416 e. The summed E-state index contributed by atoms with van der Waals surface area (Å²) in [6.07, 6.45) is -5.32. The van der Waals surface area contributed by atoms with Crippen molar-refractivity contribution in [3.05, 3.63) is 71.0 Å². The summed E-state index contributed by atoms with van der Waals surface area (Å²) < 4.78 is 55.8. The molecule has 25 heavy (non-hydrogen) atoms. The number of benzene rings is 2. The van der Waals surface area contributed by atoms with Crippen molar-refractivity contribution in [2.24, 2.45) is 0 Å². The molecule has 2 rings (SSSR count). The first-order valence-electron chi connectivity index (χ1n) is 7.16. The number of halogens is 4. The van der Waals surface area contributed by atoms with E-state index in [2.05, 4.69) is 17.2 Å². The minimum atomic E-state index is -4.61. The van der Waals surface area contributed by atoms with Gasteiger partial charge in [-0.05, 0) is 23.8 Å². The van der Waals surface area contributed by atoms with Gasteiger partial charge in [0.05, 0.1) is 17.7 Å². The van der Waals surface area contributed by atoms with Crippen LogP contribution in [0.4, 0.5) is 22.4 Å². The summed E-state index contributed by atoms with van der Waals surface area (Å²) in [7, 11) is 0. The number of ether oxygens (including phenoxy) is 1. The molecule has 0 aliphatic rings. The molecule has 2 aromatic rings. The van der Waals surface area contributed by atoms with Crippen molar-refractivity contribution in [3.63, 3.8) is 0 Å². The molecule has 0 bridgehead atoms. The van der Waals surface area contributed by atoms with Gasteiger partial charge in [0.2, 0.25) is 0 Å². The molecule has 3 nitrogen and oxygen atoms in total. The molecular weight excluding hydrogens is 338 g/mol. The van der Waals surface area contributed by atoms with Crippen LogP contribution in [0.1, 0.15) is 16.7 Å². The van der Waals surface area contributed by atoms with Crippen molar-refractivity contribution in [2.75, 3.05) is 6.54 Å². The Hall–Kier alpha value is -3.01. The fraction of sp³-hybridized carbons (Fsp3) is 0.167. The van der Waals surface area contributed by atoms with Crippen LogP contribution in [0.2, 0.25) is 0 Å². The molecule has 0 aromatic heterocycles. The molecular formula is C18H13F4NO2. The van der Waals surface area contributed by atoms with Crippen LogP contribution < -0.4 is 5.32 Å². The number of hydrogen-bond acceptors (Lipinski definition) is 2. The van der Waals surface area contributed by atoms with E-state index < -0.39 is 23.7 Å². The topological polar surface area (TPSA) is 38.3 Å². The number of hydrogen-bond donors (Lipinski definition) is 1. The van der Waals surface area contributed by atoms with Crippen molar-refractivity contribution in [1.82, 2.24) is 5.32 Å². The lowest BCUT2D eigenvalue weighted by Gasteiger charge is -2.06. The van der Waals surface area contributed by atoms with Crippen LogP contribution in [0, 0.1) is 17.7 Å². The predicted octanol–water partition coefficient (Wildman–Crippen LogP) is 4.12. The molecule has 0 heterocycles. The zero-order valence-electron chi connectivity index (χ0n) is 12.9. The molecule has 0 spiro atoms. The molecule has 0 aliphatic heterocycles. The molecule has 2 aromatic carbocycles. The van der Waals surface area contributed by atoms with Gasteiger partial charge in [0, 0.05) is 0 Å². The maximum Gasteiger partial charge on any atom is 0.416 e. The van der Waals surface area contributed by atoms with Crippen molar-refractivity contribution >= 4 is 6.09 Å². The lowest BCUT2D eigenvalue weighted by atomic mass is 10.1. The molecule has 0 saturated heterocycles. The first kappa shape index (κ1) is 18.3. The third-order valence-electron chi connectivity index (χ3n) is 3.05. The van der Waals surface area contributed by atoms with Crippen LogP contribution in [0.15, 0.2) is 48.5 Å². The van der Waals surface area contributed by atoms with Crippen molar-refractivity contribution < 1.29 is 27.1 Å². The second-order valence-corrected chi connectivity index (χ2v) is 4.91. The average molecular weight is 351 g/mol. The molecule has 7 heteroatoms. The second kappa shape index (κ2) is 8.20. The van der Waals surface area contributed by atoms with Gasteiger partial charge in [-0.15, -0.1) is 0 Å². The third kappa shape index (κ3) is 5.84. The molecule has 0 fully saturated rings. The standard InChI is InChI=1S/C18H13F4NO2/c19-16-11-15(18(20,21)22)9-8-14(16)7-4-10-23-17(24)25-12-13-5-2-1-3-6-13/h1-3,5-6,8-9,11H,10,12H2,(H,23,24). The van der Waals surface area contributed by atoms with E-state index in [-0.39, 0.29) is 18.7 Å². The molecule has 0 atom stereocenters. The average Bonchev–Trinajstić information content (AvgIpc) is 2.58. The van der Waals surface area contributed by atoms with E-state index in [1.807, 2.05) is 6.07 Å². The Bertz CT molecular complexity index is 792. The normalized spacial score (nSPS) is 10.6. The highest BCUT2D eigenvalue weighted by Crippen LogP contribution is 2.29. The zero-order valence-corrected chi connectivity index (χ0v) is 12.9. The monoisotopic (exact) mass is 351 g/mol. The molecule has 1 amide bonds. The number of nitrogens with one attached hydrogen (secondary N) is 1. The number of carbonyl (C=O) groups excluding carboxylic acids is 1. The van der Waals surface area contributed by atoms with E-state index >= 15 is 0 Å². The summed E-state index contributed by atoms with van der Waals surface area (Å²) in [6.45, 7) is -0.0400. The molecule has 0 radical (unpaired) electrons. The van der Waals surface area contributed by atoms with Gasteiger partial charge in [0.1, 0.15) is 12.4 Å². The number of alkyl halides is 3. The first-order valence-corrected chi connectivity index (χ1v) is 7.16. The van der Waals surface area contributed by atoms with E-state index in [1.165, 1.54) is 0 Å². The maximum absolute atomic E-state index is 13.6. The highest BCUT2D eigenvalue weighted by atomic mass is 19.4. The minimum Gasteiger partial charge on any atom is -0.445 e. The molecule has 0 saturated carbocycles. The Kier molecular flexibility index (Phi) is 6.01. The van der Waals surface area contributed by atoms with E-state index in [0.29, 0.717) is 6.07 Å². The lowest BCUT2D eigenvalue weighted by molar-refractivity contribution is -0.137. The highest BCUT2D eigenvalue weighted by Gasteiger charge is 2.30. The Morgan fingerprint density at radius 2 is 1.84 bits per heavy atom. The highest BCUT2D eigenvalue weighted by molar-refractivity contribution is 5.67. The third-order valence-corrected chi connectivity index (χ3v) is 3.05. The van der Waals surface area contributed by atoms with Crippen LogP contribution in [0.3, 0.4) is 0 Å². The SMILES string of the molecule is O=C(NCC#Cc1ccc(C(F)(F)F)cc1F)OCc1ccccc1. The second-order valence-electron chi connectivity index (χ2n) is 4.91. The van der Waals surface area contributed by atoms with Crippen LogP contribution >= 0.6 is 0 Å². The van der Waals surface area contributed by atoms with Crippen LogP contribution in [-0.2, 0) is 17.5 Å². The Labute approximate surface area is 141 Å². The Balaban J connectivity index is 1.83. The van der Waals surface area contributed by atoms with E-state index in [0.717, 1.165) is 17.7 Å². The van der Waals surface area contributed by atoms with Crippen molar-refractivity contribution in [1.29, 1.82) is 0 Å². The quantitative estimate of drug-likeness (QED) is 0.667. The summed E-state index contributed by atoms with van der Waals surface area (Å²) in [5.41, 5.74) is -0.457.